The van der Waals surface area contributed by atoms with Crippen molar-refractivity contribution in [1.29, 1.82) is 0 Å². The lowest BCUT2D eigenvalue weighted by Crippen LogP contribution is -2.32. The zero-order chi connectivity index (χ0) is 12.4. The number of rotatable bonds is 4. The molecule has 0 N–H and O–H groups in total. The first-order valence-corrected chi connectivity index (χ1v) is 6.79. The molecule has 0 saturated heterocycles. The van der Waals surface area contributed by atoms with Gasteiger partial charge in [-0.25, -0.2) is 4.39 Å². The van der Waals surface area contributed by atoms with Crippen LogP contribution in [0.5, 0.6) is 0 Å². The van der Waals surface area contributed by atoms with Gasteiger partial charge in [-0.2, -0.15) is 0 Å². The molecule has 1 unspecified atom stereocenters. The summed E-state index contributed by atoms with van der Waals surface area (Å²) in [6.07, 6.45) is 2.07. The molecule has 5 heteroatoms. The number of benzene rings is 1. The van der Waals surface area contributed by atoms with Gasteiger partial charge in [0.15, 0.2) is 0 Å². The minimum absolute atomic E-state index is 0.0291. The van der Waals surface area contributed by atoms with Gasteiger partial charge in [0, 0.05) is 18.0 Å². The molecule has 0 heterocycles. The average Bonchev–Trinajstić information content (AvgIpc) is 3.12. The zero-order valence-electron chi connectivity index (χ0n) is 9.56. The van der Waals surface area contributed by atoms with Gasteiger partial charge in [-0.05, 0) is 37.1 Å². The van der Waals surface area contributed by atoms with Crippen molar-refractivity contribution in [2.24, 2.45) is 0 Å². The van der Waals surface area contributed by atoms with E-state index in [2.05, 4.69) is 0 Å². The van der Waals surface area contributed by atoms with E-state index >= 15 is 0 Å². The Morgan fingerprint density at radius 1 is 1.41 bits per heavy atom. The molecule has 0 aliphatic heterocycles. The molecule has 3 nitrogen and oxygen atoms in total. The number of hydrogen-bond acceptors (Lipinski definition) is 2. The highest BCUT2D eigenvalue weighted by Crippen LogP contribution is 2.25. The van der Waals surface area contributed by atoms with E-state index < -0.39 is 10.8 Å². The van der Waals surface area contributed by atoms with Crippen LogP contribution in [0.15, 0.2) is 29.2 Å². The first-order valence-electron chi connectivity index (χ1n) is 5.47. The number of carbonyl (C=O) groups is 1. The number of amides is 1. The molecule has 1 atom stereocenters. The maximum absolute atomic E-state index is 12.7. The van der Waals surface area contributed by atoms with Gasteiger partial charge in [0.2, 0.25) is 5.91 Å². The zero-order valence-corrected chi connectivity index (χ0v) is 10.4. The molecule has 1 aliphatic rings. The van der Waals surface area contributed by atoms with Crippen LogP contribution in [0.2, 0.25) is 0 Å². The maximum atomic E-state index is 12.7. The molecular weight excluding hydrogens is 241 g/mol. The molecule has 92 valence electrons. The lowest BCUT2D eigenvalue weighted by Gasteiger charge is -2.15. The van der Waals surface area contributed by atoms with Gasteiger partial charge < -0.3 is 4.90 Å². The van der Waals surface area contributed by atoms with Crippen LogP contribution in [0.25, 0.3) is 0 Å². The standard InChI is InChI=1S/C12H14FNO2S/c1-14(10-4-5-10)12(15)8-17(16)11-6-2-9(13)3-7-11/h2-3,6-7,10H,4-5,8H2,1H3. The fourth-order valence-electron chi connectivity index (χ4n) is 1.55. The molecule has 1 amide bonds. The number of carbonyl (C=O) groups excluding carboxylic acids is 1. The predicted molar refractivity (Wildman–Crippen MR) is 63.5 cm³/mol. The Labute approximate surface area is 102 Å². The lowest BCUT2D eigenvalue weighted by molar-refractivity contribution is -0.127. The van der Waals surface area contributed by atoms with Crippen LogP contribution in [0.3, 0.4) is 0 Å². The molecule has 17 heavy (non-hydrogen) atoms. The van der Waals surface area contributed by atoms with Crippen LogP contribution in [0, 0.1) is 5.82 Å². The smallest absolute Gasteiger partial charge is 0.235 e. The van der Waals surface area contributed by atoms with Crippen molar-refractivity contribution < 1.29 is 13.4 Å². The summed E-state index contributed by atoms with van der Waals surface area (Å²) in [5.41, 5.74) is 0. The molecule has 1 aliphatic carbocycles. The summed E-state index contributed by atoms with van der Waals surface area (Å²) in [7, 11) is 0.349. The molecule has 0 bridgehead atoms. The first kappa shape index (κ1) is 12.2. The van der Waals surface area contributed by atoms with Crippen molar-refractivity contribution in [3.05, 3.63) is 30.1 Å². The maximum Gasteiger partial charge on any atom is 0.235 e. The van der Waals surface area contributed by atoms with Crippen LogP contribution in [0.1, 0.15) is 12.8 Å². The van der Waals surface area contributed by atoms with Crippen molar-refractivity contribution in [2.45, 2.75) is 23.8 Å². The number of hydrogen-bond donors (Lipinski definition) is 0. The first-order chi connectivity index (χ1) is 8.08. The fraction of sp³-hybridized carbons (Fsp3) is 0.417. The van der Waals surface area contributed by atoms with E-state index in [1.165, 1.54) is 24.3 Å². The van der Waals surface area contributed by atoms with Gasteiger partial charge in [0.25, 0.3) is 0 Å². The van der Waals surface area contributed by atoms with E-state index in [-0.39, 0.29) is 17.5 Å². The summed E-state index contributed by atoms with van der Waals surface area (Å²) in [5, 5.41) is 0. The second-order valence-electron chi connectivity index (χ2n) is 4.18. The van der Waals surface area contributed by atoms with E-state index in [9.17, 15) is 13.4 Å². The highest BCUT2D eigenvalue weighted by atomic mass is 32.2. The molecular formula is C12H14FNO2S. The summed E-state index contributed by atoms with van der Waals surface area (Å²) < 4.78 is 24.5. The van der Waals surface area contributed by atoms with Crippen LogP contribution >= 0.6 is 0 Å². The van der Waals surface area contributed by atoms with E-state index in [0.717, 1.165) is 12.8 Å². The Morgan fingerprint density at radius 2 is 2.00 bits per heavy atom. The largest absolute Gasteiger partial charge is 0.342 e. The van der Waals surface area contributed by atoms with Gasteiger partial charge >= 0.3 is 0 Å². The van der Waals surface area contributed by atoms with Crippen molar-refractivity contribution in [3.63, 3.8) is 0 Å². The molecule has 0 radical (unpaired) electrons. The van der Waals surface area contributed by atoms with E-state index in [0.29, 0.717) is 10.9 Å². The molecule has 0 spiro atoms. The SMILES string of the molecule is CN(C(=O)CS(=O)c1ccc(F)cc1)C1CC1. The highest BCUT2D eigenvalue weighted by Gasteiger charge is 2.30. The minimum atomic E-state index is -1.39. The van der Waals surface area contributed by atoms with Crippen molar-refractivity contribution in [1.82, 2.24) is 4.90 Å². The Hall–Kier alpha value is -1.23. The van der Waals surface area contributed by atoms with Gasteiger partial charge in [0.05, 0.1) is 10.8 Å². The van der Waals surface area contributed by atoms with Gasteiger partial charge in [-0.3, -0.25) is 9.00 Å². The van der Waals surface area contributed by atoms with E-state index in [1.807, 2.05) is 0 Å². The van der Waals surface area contributed by atoms with Gasteiger partial charge in [0.1, 0.15) is 11.6 Å². The third-order valence-corrected chi connectivity index (χ3v) is 4.13. The monoisotopic (exact) mass is 255 g/mol. The third kappa shape index (κ3) is 3.12. The summed E-state index contributed by atoms with van der Waals surface area (Å²) in [6.45, 7) is 0. The lowest BCUT2D eigenvalue weighted by atomic mass is 10.4. The van der Waals surface area contributed by atoms with Crippen molar-refractivity contribution in [3.8, 4) is 0 Å². The Balaban J connectivity index is 1.96. The highest BCUT2D eigenvalue weighted by molar-refractivity contribution is 7.85. The second kappa shape index (κ2) is 4.96. The van der Waals surface area contributed by atoms with Gasteiger partial charge in [-0.15, -0.1) is 0 Å². The second-order valence-corrected chi connectivity index (χ2v) is 5.63. The van der Waals surface area contributed by atoms with Gasteiger partial charge in [-0.1, -0.05) is 0 Å². The number of halogens is 1. The Kier molecular flexibility index (Phi) is 3.57. The fourth-order valence-corrected chi connectivity index (χ4v) is 2.58. The summed E-state index contributed by atoms with van der Waals surface area (Å²) in [5.74, 6) is -0.513. The molecule has 0 aromatic heterocycles. The third-order valence-electron chi connectivity index (χ3n) is 2.82. The van der Waals surface area contributed by atoms with E-state index in [4.69, 9.17) is 0 Å². The molecule has 1 aromatic carbocycles. The summed E-state index contributed by atoms with van der Waals surface area (Å²) in [4.78, 5) is 13.9. The van der Waals surface area contributed by atoms with Crippen molar-refractivity contribution in [2.75, 3.05) is 12.8 Å². The Morgan fingerprint density at radius 3 is 2.53 bits per heavy atom. The minimum Gasteiger partial charge on any atom is -0.342 e. The van der Waals surface area contributed by atoms with Crippen LogP contribution < -0.4 is 0 Å². The predicted octanol–water partition coefficient (Wildman–Crippen LogP) is 1.55. The molecule has 2 rings (SSSR count). The molecule has 1 saturated carbocycles. The van der Waals surface area contributed by atoms with Crippen LogP contribution in [-0.2, 0) is 15.6 Å². The number of nitrogens with zero attached hydrogens (tertiary/aromatic N) is 1. The topological polar surface area (TPSA) is 37.4 Å². The summed E-state index contributed by atoms with van der Waals surface area (Å²) in [6, 6.07) is 5.74. The summed E-state index contributed by atoms with van der Waals surface area (Å²) >= 11 is 0. The van der Waals surface area contributed by atoms with Crippen LogP contribution in [0.4, 0.5) is 4.39 Å². The average molecular weight is 255 g/mol. The van der Waals surface area contributed by atoms with Crippen LogP contribution in [-0.4, -0.2) is 33.9 Å². The molecule has 1 fully saturated rings. The normalized spacial score (nSPS) is 16.6. The Bertz CT molecular complexity index is 442. The molecule has 1 aromatic rings. The van der Waals surface area contributed by atoms with Crippen molar-refractivity contribution >= 4 is 16.7 Å². The van der Waals surface area contributed by atoms with E-state index in [1.54, 1.807) is 11.9 Å². The quantitative estimate of drug-likeness (QED) is 0.818.